The summed E-state index contributed by atoms with van der Waals surface area (Å²) in [5, 5.41) is 0. The molecule has 5 nitrogen and oxygen atoms in total. The van der Waals surface area contributed by atoms with Crippen molar-refractivity contribution in [3.63, 3.8) is 0 Å². The largest absolute Gasteiger partial charge is 0.497 e. The minimum Gasteiger partial charge on any atom is -0.497 e. The van der Waals surface area contributed by atoms with Crippen LogP contribution in [0.15, 0.2) is 24.3 Å². The van der Waals surface area contributed by atoms with Gasteiger partial charge in [-0.2, -0.15) is 0 Å². The van der Waals surface area contributed by atoms with Gasteiger partial charge in [-0.3, -0.25) is 9.59 Å². The lowest BCUT2D eigenvalue weighted by Crippen LogP contribution is -2.31. The Morgan fingerprint density at radius 2 is 2.05 bits per heavy atom. The van der Waals surface area contributed by atoms with Gasteiger partial charge in [0.25, 0.3) is 0 Å². The molecule has 2 rings (SSSR count). The summed E-state index contributed by atoms with van der Waals surface area (Å²) in [4.78, 5) is 25.7. The average Bonchev–Trinajstić information content (AvgIpc) is 2.88. The quantitative estimate of drug-likeness (QED) is 0.789. The first-order valence-electron chi connectivity index (χ1n) is 7.03. The van der Waals surface area contributed by atoms with Crippen LogP contribution in [0.1, 0.15) is 12.5 Å². The minimum atomic E-state index is -0.237. The van der Waals surface area contributed by atoms with E-state index in [2.05, 4.69) is 0 Å². The van der Waals surface area contributed by atoms with Gasteiger partial charge in [0.1, 0.15) is 5.75 Å². The molecule has 0 radical (unpaired) electrons. The van der Waals surface area contributed by atoms with Crippen molar-refractivity contribution in [3.05, 3.63) is 29.8 Å². The molecule has 0 aromatic heterocycles. The Hall–Kier alpha value is -2.04. The van der Waals surface area contributed by atoms with E-state index in [1.54, 1.807) is 12.0 Å². The topological polar surface area (TPSA) is 55.8 Å². The first-order chi connectivity index (χ1) is 10.0. The Morgan fingerprint density at radius 3 is 2.71 bits per heavy atom. The summed E-state index contributed by atoms with van der Waals surface area (Å²) < 4.78 is 9.94. The number of carbonyl (C=O) groups is 2. The highest BCUT2D eigenvalue weighted by molar-refractivity contribution is 5.81. The highest BCUT2D eigenvalue weighted by atomic mass is 16.5. The summed E-state index contributed by atoms with van der Waals surface area (Å²) in [6.07, 6.45) is 0.317. The summed E-state index contributed by atoms with van der Waals surface area (Å²) in [6, 6.07) is 7.47. The lowest BCUT2D eigenvalue weighted by Gasteiger charge is -2.16. The van der Waals surface area contributed by atoms with Crippen LogP contribution in [0, 0.1) is 11.8 Å². The second-order valence-corrected chi connectivity index (χ2v) is 5.43. The van der Waals surface area contributed by atoms with Gasteiger partial charge in [-0.15, -0.1) is 0 Å². The van der Waals surface area contributed by atoms with Crippen molar-refractivity contribution in [1.29, 1.82) is 0 Å². The molecule has 0 spiro atoms. The molecule has 1 aliphatic rings. The minimum absolute atomic E-state index is 0.0292. The molecule has 1 fully saturated rings. The number of hydrogen-bond donors (Lipinski definition) is 0. The molecule has 1 aromatic rings. The zero-order valence-electron chi connectivity index (χ0n) is 12.7. The van der Waals surface area contributed by atoms with Gasteiger partial charge in [0.05, 0.1) is 26.6 Å². The van der Waals surface area contributed by atoms with Crippen molar-refractivity contribution >= 4 is 11.9 Å². The molecule has 0 N–H and O–H groups in total. The molecular weight excluding hydrogens is 270 g/mol. The fourth-order valence-corrected chi connectivity index (χ4v) is 2.70. The maximum atomic E-state index is 12.3. The van der Waals surface area contributed by atoms with E-state index in [0.717, 1.165) is 11.3 Å². The summed E-state index contributed by atoms with van der Waals surface area (Å²) >= 11 is 0. The lowest BCUT2D eigenvalue weighted by molar-refractivity contribution is -0.146. The van der Waals surface area contributed by atoms with Crippen molar-refractivity contribution in [2.24, 2.45) is 11.8 Å². The van der Waals surface area contributed by atoms with Gasteiger partial charge in [-0.1, -0.05) is 19.1 Å². The number of methoxy groups -OCH3 is 2. The predicted molar refractivity (Wildman–Crippen MR) is 77.9 cm³/mol. The van der Waals surface area contributed by atoms with E-state index in [1.165, 1.54) is 7.11 Å². The van der Waals surface area contributed by atoms with Crippen LogP contribution in [0.3, 0.4) is 0 Å². The second kappa shape index (κ2) is 6.61. The third kappa shape index (κ3) is 3.54. The van der Waals surface area contributed by atoms with E-state index in [9.17, 15) is 9.59 Å². The Labute approximate surface area is 124 Å². The standard InChI is InChI=1S/C16H21NO4/c1-11-9-17(10-14(11)16(19)21-3)15(18)8-12-5-4-6-13(7-12)20-2/h4-7,11,14H,8-10H2,1-3H3. The molecule has 0 aliphatic carbocycles. The summed E-state index contributed by atoms with van der Waals surface area (Å²) in [5.74, 6) is 0.444. The maximum absolute atomic E-state index is 12.3. The van der Waals surface area contributed by atoms with Crippen molar-refractivity contribution in [2.75, 3.05) is 27.3 Å². The molecule has 1 amide bonds. The van der Waals surface area contributed by atoms with Crippen LogP contribution < -0.4 is 4.74 Å². The number of nitrogens with zero attached hydrogens (tertiary/aromatic N) is 1. The SMILES string of the molecule is COC(=O)C1CN(C(=O)Cc2cccc(OC)c2)CC1C. The maximum Gasteiger partial charge on any atom is 0.310 e. The second-order valence-electron chi connectivity index (χ2n) is 5.43. The van der Waals surface area contributed by atoms with Gasteiger partial charge in [0, 0.05) is 13.1 Å². The first-order valence-corrected chi connectivity index (χ1v) is 7.03. The highest BCUT2D eigenvalue weighted by Crippen LogP contribution is 2.25. The van der Waals surface area contributed by atoms with E-state index >= 15 is 0 Å². The van der Waals surface area contributed by atoms with Crippen molar-refractivity contribution < 1.29 is 19.1 Å². The summed E-state index contributed by atoms with van der Waals surface area (Å²) in [5.41, 5.74) is 0.911. The van der Waals surface area contributed by atoms with Crippen LogP contribution in [0.2, 0.25) is 0 Å². The van der Waals surface area contributed by atoms with Crippen LogP contribution in [0.25, 0.3) is 0 Å². The molecule has 114 valence electrons. The summed E-state index contributed by atoms with van der Waals surface area (Å²) in [6.45, 7) is 3.01. The molecular formula is C16H21NO4. The monoisotopic (exact) mass is 291 g/mol. The fraction of sp³-hybridized carbons (Fsp3) is 0.500. The molecule has 1 saturated heterocycles. The van der Waals surface area contributed by atoms with Crippen LogP contribution in [-0.4, -0.2) is 44.1 Å². The van der Waals surface area contributed by atoms with Gasteiger partial charge < -0.3 is 14.4 Å². The van der Waals surface area contributed by atoms with Gasteiger partial charge in [0.2, 0.25) is 5.91 Å². The molecule has 2 unspecified atom stereocenters. The molecule has 0 bridgehead atoms. The number of benzene rings is 1. The number of hydrogen-bond acceptors (Lipinski definition) is 4. The zero-order chi connectivity index (χ0) is 15.4. The average molecular weight is 291 g/mol. The summed E-state index contributed by atoms with van der Waals surface area (Å²) in [7, 11) is 2.99. The number of ether oxygens (including phenoxy) is 2. The van der Waals surface area contributed by atoms with Gasteiger partial charge in [0.15, 0.2) is 0 Å². The first kappa shape index (κ1) is 15.4. The van der Waals surface area contributed by atoms with E-state index in [-0.39, 0.29) is 23.7 Å². The van der Waals surface area contributed by atoms with Crippen LogP contribution in [-0.2, 0) is 20.7 Å². The zero-order valence-corrected chi connectivity index (χ0v) is 12.7. The van der Waals surface area contributed by atoms with Gasteiger partial charge in [-0.05, 0) is 23.6 Å². The van der Waals surface area contributed by atoms with E-state index in [4.69, 9.17) is 9.47 Å². The Balaban J connectivity index is 1.99. The molecule has 0 saturated carbocycles. The van der Waals surface area contributed by atoms with Crippen molar-refractivity contribution in [3.8, 4) is 5.75 Å². The smallest absolute Gasteiger partial charge is 0.310 e. The van der Waals surface area contributed by atoms with Gasteiger partial charge in [-0.25, -0.2) is 0 Å². The molecule has 1 aromatic carbocycles. The number of carbonyl (C=O) groups excluding carboxylic acids is 2. The van der Waals surface area contributed by atoms with Crippen molar-refractivity contribution in [1.82, 2.24) is 4.90 Å². The fourth-order valence-electron chi connectivity index (χ4n) is 2.70. The Morgan fingerprint density at radius 1 is 1.29 bits per heavy atom. The van der Waals surface area contributed by atoms with Gasteiger partial charge >= 0.3 is 5.97 Å². The molecule has 2 atom stereocenters. The van der Waals surface area contributed by atoms with Crippen LogP contribution >= 0.6 is 0 Å². The van der Waals surface area contributed by atoms with Crippen LogP contribution in [0.4, 0.5) is 0 Å². The molecule has 5 heteroatoms. The highest BCUT2D eigenvalue weighted by Gasteiger charge is 2.37. The number of esters is 1. The van der Waals surface area contributed by atoms with Crippen molar-refractivity contribution in [2.45, 2.75) is 13.3 Å². The number of amides is 1. The third-order valence-electron chi connectivity index (χ3n) is 3.96. The van der Waals surface area contributed by atoms with Crippen LogP contribution in [0.5, 0.6) is 5.75 Å². The molecule has 1 aliphatic heterocycles. The van der Waals surface area contributed by atoms with E-state index < -0.39 is 0 Å². The lowest BCUT2D eigenvalue weighted by atomic mass is 9.99. The normalized spacial score (nSPS) is 21.2. The third-order valence-corrected chi connectivity index (χ3v) is 3.96. The molecule has 1 heterocycles. The van der Waals surface area contributed by atoms with E-state index in [1.807, 2.05) is 31.2 Å². The predicted octanol–water partition coefficient (Wildman–Crippen LogP) is 1.51. The Bertz CT molecular complexity index is 529. The van der Waals surface area contributed by atoms with E-state index in [0.29, 0.717) is 19.5 Å². The Kier molecular flexibility index (Phi) is 4.83. The molecule has 21 heavy (non-hydrogen) atoms. The number of likely N-dealkylation sites (tertiary alicyclic amines) is 1. The number of rotatable bonds is 4.